The normalized spacial score (nSPS) is 11.4. The first-order valence-electron chi connectivity index (χ1n) is 9.30. The van der Waals surface area contributed by atoms with Gasteiger partial charge >= 0.3 is 0 Å². The number of hydrogen-bond donors (Lipinski definition) is 2. The number of nitrogens with one attached hydrogen (secondary N) is 1. The summed E-state index contributed by atoms with van der Waals surface area (Å²) in [5.41, 5.74) is 9.21. The van der Waals surface area contributed by atoms with E-state index in [0.29, 0.717) is 24.3 Å². The maximum absolute atomic E-state index is 13.0. The van der Waals surface area contributed by atoms with Crippen LogP contribution in [0.5, 0.6) is 5.75 Å². The molecular formula is C20H25ClN6O2. The van der Waals surface area contributed by atoms with Crippen molar-refractivity contribution in [1.82, 2.24) is 24.8 Å². The van der Waals surface area contributed by atoms with Crippen molar-refractivity contribution in [3.05, 3.63) is 50.2 Å². The molecule has 0 atom stereocenters. The Morgan fingerprint density at radius 1 is 1.31 bits per heavy atom. The quantitative estimate of drug-likeness (QED) is 0.594. The molecule has 3 rings (SSSR count). The van der Waals surface area contributed by atoms with Gasteiger partial charge in [-0.3, -0.25) is 9.78 Å². The highest BCUT2D eigenvalue weighted by Crippen LogP contribution is 2.26. The Morgan fingerprint density at radius 3 is 2.69 bits per heavy atom. The van der Waals surface area contributed by atoms with Gasteiger partial charge in [0.15, 0.2) is 11.1 Å². The van der Waals surface area contributed by atoms with E-state index in [9.17, 15) is 4.79 Å². The number of nitrogen functional groups attached to an aromatic ring is 1. The number of pyridine rings is 2. The molecule has 154 valence electrons. The molecule has 0 unspecified atom stereocenters. The lowest BCUT2D eigenvalue weighted by Crippen LogP contribution is -2.27. The third kappa shape index (κ3) is 4.18. The highest BCUT2D eigenvalue weighted by molar-refractivity contribution is 6.34. The molecule has 0 radical (unpaired) electrons. The predicted molar refractivity (Wildman–Crippen MR) is 115 cm³/mol. The van der Waals surface area contributed by atoms with E-state index in [-0.39, 0.29) is 28.0 Å². The fraction of sp³-hybridized carbons (Fsp3) is 0.400. The first-order valence-corrected chi connectivity index (χ1v) is 9.68. The molecular weight excluding hydrogens is 392 g/mol. The average Bonchev–Trinajstić information content (AvgIpc) is 2.64. The van der Waals surface area contributed by atoms with E-state index in [2.05, 4.69) is 20.3 Å². The number of anilines is 1. The molecule has 0 spiro atoms. The van der Waals surface area contributed by atoms with Crippen molar-refractivity contribution in [2.24, 2.45) is 0 Å². The molecule has 3 heterocycles. The van der Waals surface area contributed by atoms with Gasteiger partial charge in [-0.1, -0.05) is 25.4 Å². The van der Waals surface area contributed by atoms with Gasteiger partial charge in [0.2, 0.25) is 5.95 Å². The smallest absolute Gasteiger partial charge is 0.223 e. The van der Waals surface area contributed by atoms with Crippen molar-refractivity contribution in [2.75, 3.05) is 12.8 Å². The molecule has 8 nitrogen and oxygen atoms in total. The molecule has 0 saturated heterocycles. The molecule has 0 amide bonds. The van der Waals surface area contributed by atoms with Crippen LogP contribution < -0.4 is 21.2 Å². The maximum atomic E-state index is 13.0. The third-order valence-corrected chi connectivity index (χ3v) is 5.01. The van der Waals surface area contributed by atoms with Gasteiger partial charge in [-0.2, -0.15) is 4.98 Å². The molecule has 3 aromatic heterocycles. The second-order valence-corrected chi connectivity index (χ2v) is 7.62. The van der Waals surface area contributed by atoms with Gasteiger partial charge in [-0.05, 0) is 13.8 Å². The molecule has 9 heteroatoms. The fourth-order valence-electron chi connectivity index (χ4n) is 3.26. The average molecular weight is 417 g/mol. The van der Waals surface area contributed by atoms with Crippen molar-refractivity contribution >= 4 is 28.6 Å². The molecule has 0 aromatic carbocycles. The third-order valence-electron chi connectivity index (χ3n) is 4.74. The van der Waals surface area contributed by atoms with Crippen LogP contribution in [0.1, 0.15) is 36.2 Å². The zero-order chi connectivity index (χ0) is 21.3. The first kappa shape index (κ1) is 21.0. The number of aryl methyl sites for hydroxylation is 1. The molecule has 0 fully saturated rings. The summed E-state index contributed by atoms with van der Waals surface area (Å²) in [6, 6.07) is 0.224. The van der Waals surface area contributed by atoms with Crippen LogP contribution in [-0.2, 0) is 13.1 Å². The summed E-state index contributed by atoms with van der Waals surface area (Å²) >= 11 is 6.28. The number of rotatable bonds is 6. The van der Waals surface area contributed by atoms with Crippen LogP contribution in [0.4, 0.5) is 5.95 Å². The van der Waals surface area contributed by atoms with Crippen molar-refractivity contribution in [1.29, 1.82) is 0 Å². The van der Waals surface area contributed by atoms with E-state index in [1.165, 1.54) is 0 Å². The van der Waals surface area contributed by atoms with E-state index in [4.69, 9.17) is 22.1 Å². The number of ether oxygens (including phenoxy) is 1. The van der Waals surface area contributed by atoms with Crippen molar-refractivity contribution in [3.8, 4) is 5.75 Å². The Morgan fingerprint density at radius 2 is 2.03 bits per heavy atom. The molecule has 29 heavy (non-hydrogen) atoms. The molecule has 0 bridgehead atoms. The van der Waals surface area contributed by atoms with Crippen molar-refractivity contribution in [3.63, 3.8) is 0 Å². The van der Waals surface area contributed by atoms with E-state index in [1.807, 2.05) is 32.3 Å². The minimum atomic E-state index is -0.208. The molecule has 0 aliphatic rings. The van der Waals surface area contributed by atoms with Gasteiger partial charge in [-0.25, -0.2) is 4.98 Å². The zero-order valence-corrected chi connectivity index (χ0v) is 18.0. The number of fused-ring (bicyclic) bond motifs is 1. The standard InChI is InChI=1S/C20H25ClN6O2/c1-10(2)23-7-13-8-27(9-14-12(4)17(29-5)11(3)6-24-14)19-15(16(13)28)18(21)25-20(22)26-19/h6,8,10,23H,7,9H2,1-5H3,(H2,22,25,26). The number of aromatic nitrogens is 4. The van der Waals surface area contributed by atoms with Crippen LogP contribution in [0.2, 0.25) is 5.15 Å². The topological polar surface area (TPSA) is 108 Å². The number of nitrogens with two attached hydrogens (primary N) is 1. The first-order chi connectivity index (χ1) is 13.7. The molecule has 0 aliphatic heterocycles. The van der Waals surface area contributed by atoms with Crippen LogP contribution in [0.3, 0.4) is 0 Å². The summed E-state index contributed by atoms with van der Waals surface area (Å²) < 4.78 is 7.35. The lowest BCUT2D eigenvalue weighted by atomic mass is 10.1. The predicted octanol–water partition coefficient (Wildman–Crippen LogP) is 2.59. The van der Waals surface area contributed by atoms with E-state index in [1.54, 1.807) is 19.5 Å². The van der Waals surface area contributed by atoms with E-state index in [0.717, 1.165) is 22.6 Å². The summed E-state index contributed by atoms with van der Waals surface area (Å²) in [4.78, 5) is 25.8. The van der Waals surface area contributed by atoms with Gasteiger partial charge in [0, 0.05) is 41.7 Å². The van der Waals surface area contributed by atoms with Gasteiger partial charge in [0.1, 0.15) is 16.3 Å². The fourth-order valence-corrected chi connectivity index (χ4v) is 3.52. The molecule has 0 saturated carbocycles. The Labute approximate surface area is 174 Å². The van der Waals surface area contributed by atoms with Crippen LogP contribution in [0.15, 0.2) is 17.2 Å². The van der Waals surface area contributed by atoms with Crippen LogP contribution in [0, 0.1) is 13.8 Å². The summed E-state index contributed by atoms with van der Waals surface area (Å²) in [6.45, 7) is 8.71. The number of hydrogen-bond acceptors (Lipinski definition) is 7. The lowest BCUT2D eigenvalue weighted by Gasteiger charge is -2.17. The van der Waals surface area contributed by atoms with E-state index >= 15 is 0 Å². The Bertz CT molecular complexity index is 1130. The largest absolute Gasteiger partial charge is 0.496 e. The highest BCUT2D eigenvalue weighted by Gasteiger charge is 2.18. The molecule has 3 N–H and O–H groups in total. The minimum absolute atomic E-state index is 0.00914. The molecule has 0 aliphatic carbocycles. The van der Waals surface area contributed by atoms with Crippen LogP contribution >= 0.6 is 11.6 Å². The maximum Gasteiger partial charge on any atom is 0.223 e. The van der Waals surface area contributed by atoms with Gasteiger partial charge < -0.3 is 20.4 Å². The summed E-state index contributed by atoms with van der Waals surface area (Å²) in [5, 5.41) is 3.56. The van der Waals surface area contributed by atoms with Crippen molar-refractivity contribution < 1.29 is 4.74 Å². The van der Waals surface area contributed by atoms with Gasteiger partial charge in [0.05, 0.1) is 19.3 Å². The van der Waals surface area contributed by atoms with Crippen LogP contribution in [0.25, 0.3) is 11.0 Å². The zero-order valence-electron chi connectivity index (χ0n) is 17.2. The Hall–Kier alpha value is -2.71. The molecule has 3 aromatic rings. The van der Waals surface area contributed by atoms with Crippen molar-refractivity contribution in [2.45, 2.75) is 46.8 Å². The lowest BCUT2D eigenvalue weighted by molar-refractivity contribution is 0.406. The summed E-state index contributed by atoms with van der Waals surface area (Å²) in [7, 11) is 1.64. The second-order valence-electron chi connectivity index (χ2n) is 7.26. The minimum Gasteiger partial charge on any atom is -0.496 e. The Kier molecular flexibility index (Phi) is 6.04. The van der Waals surface area contributed by atoms with Crippen LogP contribution in [-0.4, -0.2) is 32.7 Å². The number of halogens is 1. The Balaban J connectivity index is 2.21. The summed E-state index contributed by atoms with van der Waals surface area (Å²) in [6.07, 6.45) is 3.54. The number of nitrogens with zero attached hydrogens (tertiary/aromatic N) is 4. The highest BCUT2D eigenvalue weighted by atomic mass is 35.5. The van der Waals surface area contributed by atoms with E-state index < -0.39 is 0 Å². The monoisotopic (exact) mass is 416 g/mol. The number of methoxy groups -OCH3 is 1. The summed E-state index contributed by atoms with van der Waals surface area (Å²) in [5.74, 6) is 0.795. The second kappa shape index (κ2) is 8.34. The van der Waals surface area contributed by atoms with Gasteiger partial charge in [-0.15, -0.1) is 0 Å². The van der Waals surface area contributed by atoms with Gasteiger partial charge in [0.25, 0.3) is 0 Å². The SMILES string of the molecule is COc1c(C)cnc(Cn2cc(CNC(C)C)c(=O)c3c(Cl)nc(N)nc32)c1C.